The fourth-order valence-electron chi connectivity index (χ4n) is 3.71. The number of nitrogens with zero attached hydrogens (tertiary/aromatic N) is 3. The number of sulfone groups is 1. The topological polar surface area (TPSA) is 93.5 Å². The molecule has 1 amide bonds. The van der Waals surface area contributed by atoms with Gasteiger partial charge in [0.05, 0.1) is 30.8 Å². The van der Waals surface area contributed by atoms with Crippen LogP contribution in [0.2, 0.25) is 0 Å². The van der Waals surface area contributed by atoms with Crippen molar-refractivity contribution in [3.05, 3.63) is 17.5 Å². The van der Waals surface area contributed by atoms with Crippen molar-refractivity contribution < 1.29 is 17.9 Å². The summed E-state index contributed by atoms with van der Waals surface area (Å²) in [7, 11) is -2.98. The molecule has 2 saturated heterocycles. The van der Waals surface area contributed by atoms with Gasteiger partial charge in [-0.25, -0.2) is 8.42 Å². The van der Waals surface area contributed by atoms with Crippen molar-refractivity contribution >= 4 is 15.7 Å². The van der Waals surface area contributed by atoms with Crippen LogP contribution in [0.1, 0.15) is 47.4 Å². The van der Waals surface area contributed by atoms with Crippen molar-refractivity contribution in [2.75, 3.05) is 50.9 Å². The third kappa shape index (κ3) is 4.10. The monoisotopic (exact) mass is 382 g/mol. The molecule has 9 heteroatoms. The van der Waals surface area contributed by atoms with Crippen molar-refractivity contribution in [2.45, 2.75) is 31.2 Å². The fourth-order valence-corrected chi connectivity index (χ4v) is 5.40. The first-order chi connectivity index (χ1) is 12.5. The summed E-state index contributed by atoms with van der Waals surface area (Å²) in [6.45, 7) is 4.65. The number of amides is 1. The zero-order chi connectivity index (χ0) is 18.1. The molecule has 4 rings (SSSR count). The Bertz CT molecular complexity index is 766. The number of carbonyl (C=O) groups excluding carboxylic acids is 1. The van der Waals surface area contributed by atoms with E-state index >= 15 is 0 Å². The van der Waals surface area contributed by atoms with Crippen molar-refractivity contribution in [3.63, 3.8) is 0 Å². The molecule has 2 aliphatic heterocycles. The van der Waals surface area contributed by atoms with Crippen LogP contribution in [0.4, 0.5) is 0 Å². The standard InChI is InChI=1S/C17H26N4O4S/c22-17(18-4-5-20-6-8-25-9-7-20)15-11-16(13-1-2-13)21(19-15)14-3-10-26(23,24)12-14/h11,13-14H,1-10,12H2,(H,18,22). The van der Waals surface area contributed by atoms with E-state index in [1.165, 1.54) is 0 Å². The first kappa shape index (κ1) is 17.9. The molecule has 26 heavy (non-hydrogen) atoms. The summed E-state index contributed by atoms with van der Waals surface area (Å²) < 4.78 is 30.8. The summed E-state index contributed by atoms with van der Waals surface area (Å²) in [6, 6.07) is 1.72. The van der Waals surface area contributed by atoms with Gasteiger partial charge in [-0.2, -0.15) is 5.10 Å². The van der Waals surface area contributed by atoms with Crippen molar-refractivity contribution in [1.29, 1.82) is 0 Å². The highest BCUT2D eigenvalue weighted by molar-refractivity contribution is 7.91. The summed E-state index contributed by atoms with van der Waals surface area (Å²) >= 11 is 0. The largest absolute Gasteiger partial charge is 0.379 e. The summed E-state index contributed by atoms with van der Waals surface area (Å²) in [5, 5.41) is 7.43. The number of nitrogens with one attached hydrogen (secondary N) is 1. The van der Waals surface area contributed by atoms with Gasteiger partial charge in [0, 0.05) is 37.8 Å². The minimum absolute atomic E-state index is 0.131. The Morgan fingerprint density at radius 2 is 2.04 bits per heavy atom. The van der Waals surface area contributed by atoms with Crippen LogP contribution in [-0.4, -0.2) is 79.9 Å². The second kappa shape index (κ2) is 7.28. The lowest BCUT2D eigenvalue weighted by molar-refractivity contribution is 0.0383. The van der Waals surface area contributed by atoms with E-state index in [1.807, 2.05) is 10.7 Å². The summed E-state index contributed by atoms with van der Waals surface area (Å²) in [5.41, 5.74) is 1.42. The quantitative estimate of drug-likeness (QED) is 0.755. The normalized spacial score (nSPS) is 26.1. The minimum Gasteiger partial charge on any atom is -0.379 e. The Morgan fingerprint density at radius 3 is 2.69 bits per heavy atom. The fraction of sp³-hybridized carbons (Fsp3) is 0.765. The van der Waals surface area contributed by atoms with Crippen LogP contribution in [0.15, 0.2) is 6.07 Å². The molecular weight excluding hydrogens is 356 g/mol. The molecule has 1 N–H and O–H groups in total. The molecule has 1 saturated carbocycles. The highest BCUT2D eigenvalue weighted by atomic mass is 32.2. The maximum absolute atomic E-state index is 12.5. The second-order valence-corrected chi connectivity index (χ2v) is 9.67. The predicted octanol–water partition coefficient (Wildman–Crippen LogP) is 0.182. The Morgan fingerprint density at radius 1 is 1.27 bits per heavy atom. The Hall–Kier alpha value is -1.45. The molecule has 1 aliphatic carbocycles. The zero-order valence-corrected chi connectivity index (χ0v) is 15.7. The van der Waals surface area contributed by atoms with Crippen LogP contribution in [0, 0.1) is 0 Å². The number of ether oxygens (including phenoxy) is 1. The lowest BCUT2D eigenvalue weighted by Gasteiger charge is -2.26. The molecular formula is C17H26N4O4S. The van der Waals surface area contributed by atoms with Gasteiger partial charge in [-0.15, -0.1) is 0 Å². The van der Waals surface area contributed by atoms with Gasteiger partial charge in [0.2, 0.25) is 0 Å². The number of rotatable bonds is 6. The van der Waals surface area contributed by atoms with Crippen LogP contribution in [0.3, 0.4) is 0 Å². The lowest BCUT2D eigenvalue weighted by atomic mass is 10.2. The number of hydrogen-bond donors (Lipinski definition) is 1. The molecule has 3 heterocycles. The Balaban J connectivity index is 1.40. The van der Waals surface area contributed by atoms with Crippen LogP contribution in [0.25, 0.3) is 0 Å². The highest BCUT2D eigenvalue weighted by Crippen LogP contribution is 2.42. The van der Waals surface area contributed by atoms with E-state index in [0.717, 1.165) is 51.4 Å². The Labute approximate surface area is 153 Å². The van der Waals surface area contributed by atoms with E-state index in [2.05, 4.69) is 15.3 Å². The van der Waals surface area contributed by atoms with Gasteiger partial charge in [-0.3, -0.25) is 14.4 Å². The molecule has 1 aromatic heterocycles. The molecule has 0 spiro atoms. The molecule has 1 unspecified atom stereocenters. The maximum Gasteiger partial charge on any atom is 0.271 e. The van der Waals surface area contributed by atoms with E-state index in [0.29, 0.717) is 24.6 Å². The molecule has 3 aliphatic rings. The van der Waals surface area contributed by atoms with Gasteiger partial charge in [0.1, 0.15) is 5.69 Å². The molecule has 0 aromatic carbocycles. The minimum atomic E-state index is -2.98. The average Bonchev–Trinajstić information content (AvgIpc) is 3.27. The summed E-state index contributed by atoms with van der Waals surface area (Å²) in [5.74, 6) is 0.579. The number of hydrogen-bond acceptors (Lipinski definition) is 6. The second-order valence-electron chi connectivity index (χ2n) is 7.44. The van der Waals surface area contributed by atoms with Crippen LogP contribution >= 0.6 is 0 Å². The molecule has 144 valence electrons. The third-order valence-corrected chi connectivity index (χ3v) is 7.11. The molecule has 0 bridgehead atoms. The maximum atomic E-state index is 12.5. The van der Waals surface area contributed by atoms with Gasteiger partial charge in [-0.1, -0.05) is 0 Å². The van der Waals surface area contributed by atoms with Crippen molar-refractivity contribution in [1.82, 2.24) is 20.0 Å². The highest BCUT2D eigenvalue weighted by Gasteiger charge is 2.36. The first-order valence-corrected chi connectivity index (χ1v) is 11.2. The van der Waals surface area contributed by atoms with Crippen molar-refractivity contribution in [2.24, 2.45) is 0 Å². The zero-order valence-electron chi connectivity index (χ0n) is 14.9. The van der Waals surface area contributed by atoms with Gasteiger partial charge in [0.25, 0.3) is 5.91 Å². The molecule has 1 aromatic rings. The third-order valence-electron chi connectivity index (χ3n) is 5.36. The van der Waals surface area contributed by atoms with Gasteiger partial charge < -0.3 is 10.1 Å². The van der Waals surface area contributed by atoms with Crippen LogP contribution in [0.5, 0.6) is 0 Å². The predicted molar refractivity (Wildman–Crippen MR) is 96.1 cm³/mol. The smallest absolute Gasteiger partial charge is 0.271 e. The SMILES string of the molecule is O=C(NCCN1CCOCC1)c1cc(C2CC2)n(C2CCS(=O)(=O)C2)n1. The first-order valence-electron chi connectivity index (χ1n) is 9.40. The van der Waals surface area contributed by atoms with E-state index in [-0.39, 0.29) is 23.5 Å². The number of aromatic nitrogens is 2. The number of morpholine rings is 1. The van der Waals surface area contributed by atoms with E-state index in [1.54, 1.807) is 0 Å². The lowest BCUT2D eigenvalue weighted by Crippen LogP contribution is -2.41. The van der Waals surface area contributed by atoms with E-state index in [9.17, 15) is 13.2 Å². The summed E-state index contributed by atoms with van der Waals surface area (Å²) in [6.07, 6.45) is 2.76. The summed E-state index contributed by atoms with van der Waals surface area (Å²) in [4.78, 5) is 14.8. The molecule has 8 nitrogen and oxygen atoms in total. The molecule has 0 radical (unpaired) electrons. The van der Waals surface area contributed by atoms with Crippen LogP contribution in [-0.2, 0) is 14.6 Å². The average molecular weight is 382 g/mol. The van der Waals surface area contributed by atoms with Crippen LogP contribution < -0.4 is 5.32 Å². The molecule has 3 fully saturated rings. The van der Waals surface area contributed by atoms with E-state index in [4.69, 9.17) is 4.74 Å². The Kier molecular flexibility index (Phi) is 5.02. The van der Waals surface area contributed by atoms with Crippen molar-refractivity contribution in [3.8, 4) is 0 Å². The molecule has 1 atom stereocenters. The van der Waals surface area contributed by atoms with Gasteiger partial charge in [-0.05, 0) is 25.3 Å². The van der Waals surface area contributed by atoms with E-state index < -0.39 is 9.84 Å². The number of carbonyl (C=O) groups is 1. The van der Waals surface area contributed by atoms with Gasteiger partial charge in [0.15, 0.2) is 9.84 Å². The van der Waals surface area contributed by atoms with Gasteiger partial charge >= 0.3 is 0 Å².